The average Bonchev–Trinajstić information content (AvgIpc) is 2.78. The lowest BCUT2D eigenvalue weighted by Gasteiger charge is -2.20. The number of hydrogen-bond acceptors (Lipinski definition) is 6. The van der Waals surface area contributed by atoms with Crippen LogP contribution in [0.5, 0.6) is 0 Å². The molecule has 102 valence electrons. The van der Waals surface area contributed by atoms with E-state index < -0.39 is 0 Å². The van der Waals surface area contributed by atoms with Gasteiger partial charge in [0.1, 0.15) is 5.82 Å². The van der Waals surface area contributed by atoms with Gasteiger partial charge >= 0.3 is 0 Å². The molecule has 1 aromatic heterocycles. The molecule has 0 radical (unpaired) electrons. The molecule has 0 fully saturated rings. The minimum absolute atomic E-state index is 0.524. The van der Waals surface area contributed by atoms with Crippen LogP contribution >= 0.6 is 23.8 Å². The fourth-order valence-corrected chi connectivity index (χ4v) is 2.30. The molecule has 5 nitrogen and oxygen atoms in total. The predicted molar refractivity (Wildman–Crippen MR) is 79.4 cm³/mol. The van der Waals surface area contributed by atoms with Crippen LogP contribution in [0.3, 0.4) is 0 Å². The van der Waals surface area contributed by atoms with Gasteiger partial charge in [-0.05, 0) is 6.42 Å². The lowest BCUT2D eigenvalue weighted by Crippen LogP contribution is -2.30. The molecular weight excluding hydrogens is 268 g/mol. The van der Waals surface area contributed by atoms with E-state index in [-0.39, 0.29) is 0 Å². The Balaban J connectivity index is 2.63. The fraction of sp³-hybridized carbons (Fsp3) is 0.727. The van der Waals surface area contributed by atoms with Gasteiger partial charge in [-0.15, -0.1) is 0 Å². The number of anilines is 1. The topological polar surface area (TPSA) is 64.3 Å². The third-order valence-corrected chi connectivity index (χ3v) is 3.41. The van der Waals surface area contributed by atoms with Gasteiger partial charge in [0.05, 0.1) is 11.6 Å². The molecule has 7 heteroatoms. The molecule has 0 bridgehead atoms. The first-order chi connectivity index (χ1) is 8.67. The second kappa shape index (κ2) is 8.34. The lowest BCUT2D eigenvalue weighted by molar-refractivity contribution is 0.205. The number of ether oxygens (including phenoxy) is 1. The molecule has 0 aliphatic rings. The van der Waals surface area contributed by atoms with E-state index in [1.807, 2.05) is 0 Å². The Labute approximate surface area is 118 Å². The number of thiocarbonyl (C=S) groups is 1. The number of aromatic nitrogens is 2. The summed E-state index contributed by atoms with van der Waals surface area (Å²) in [5, 5.41) is 0.923. The van der Waals surface area contributed by atoms with Crippen LogP contribution in [0.2, 0.25) is 0 Å². The lowest BCUT2D eigenvalue weighted by atomic mass is 10.3. The Morgan fingerprint density at radius 1 is 1.50 bits per heavy atom. The number of rotatable bonds is 9. The Bertz CT molecular complexity index is 370. The van der Waals surface area contributed by atoms with Gasteiger partial charge in [0.25, 0.3) is 0 Å². The van der Waals surface area contributed by atoms with Crippen molar-refractivity contribution in [3.63, 3.8) is 0 Å². The number of nitrogens with two attached hydrogens (primary N) is 1. The third kappa shape index (κ3) is 5.24. The van der Waals surface area contributed by atoms with E-state index in [2.05, 4.69) is 21.2 Å². The van der Waals surface area contributed by atoms with Crippen LogP contribution in [0.15, 0.2) is 0 Å². The smallest absolute Gasteiger partial charge is 0.205 e. The van der Waals surface area contributed by atoms with Crippen LogP contribution < -0.4 is 10.6 Å². The summed E-state index contributed by atoms with van der Waals surface area (Å²) in [4.78, 5) is 7.17. The Kier molecular flexibility index (Phi) is 7.07. The van der Waals surface area contributed by atoms with Crippen molar-refractivity contribution in [2.75, 3.05) is 31.7 Å². The Morgan fingerprint density at radius 2 is 2.28 bits per heavy atom. The van der Waals surface area contributed by atoms with E-state index in [0.29, 0.717) is 18.0 Å². The van der Waals surface area contributed by atoms with Crippen LogP contribution in [-0.2, 0) is 11.2 Å². The van der Waals surface area contributed by atoms with E-state index in [1.165, 1.54) is 11.5 Å². The summed E-state index contributed by atoms with van der Waals surface area (Å²) in [5.41, 5.74) is 5.54. The van der Waals surface area contributed by atoms with Crippen molar-refractivity contribution < 1.29 is 4.74 Å². The van der Waals surface area contributed by atoms with E-state index in [9.17, 15) is 0 Å². The van der Waals surface area contributed by atoms with E-state index >= 15 is 0 Å². The zero-order valence-corrected chi connectivity index (χ0v) is 12.5. The van der Waals surface area contributed by atoms with Crippen LogP contribution in [-0.4, -0.2) is 41.2 Å². The first-order valence-corrected chi connectivity index (χ1v) is 7.20. The number of nitrogens with zero attached hydrogens (tertiary/aromatic N) is 3. The molecule has 0 atom stereocenters. The highest BCUT2D eigenvalue weighted by Gasteiger charge is 2.12. The fourth-order valence-electron chi connectivity index (χ4n) is 1.45. The second-order valence-corrected chi connectivity index (χ2v) is 5.19. The second-order valence-electron chi connectivity index (χ2n) is 3.94. The highest BCUT2D eigenvalue weighted by molar-refractivity contribution is 7.80. The van der Waals surface area contributed by atoms with Crippen molar-refractivity contribution in [1.82, 2.24) is 9.36 Å². The molecule has 2 N–H and O–H groups in total. The van der Waals surface area contributed by atoms with Gasteiger partial charge in [-0.1, -0.05) is 19.1 Å². The molecule has 0 aliphatic carbocycles. The maximum atomic E-state index is 5.54. The summed E-state index contributed by atoms with van der Waals surface area (Å²) < 4.78 is 9.45. The summed E-state index contributed by atoms with van der Waals surface area (Å²) in [5.74, 6) is 0.912. The van der Waals surface area contributed by atoms with Crippen LogP contribution in [0.25, 0.3) is 0 Å². The van der Waals surface area contributed by atoms with Crippen LogP contribution in [0.4, 0.5) is 5.13 Å². The number of hydrogen-bond donors (Lipinski definition) is 1. The number of methoxy groups -OCH3 is 1. The average molecular weight is 288 g/mol. The maximum absolute atomic E-state index is 5.54. The Morgan fingerprint density at radius 3 is 2.89 bits per heavy atom. The largest absolute Gasteiger partial charge is 0.393 e. The number of aryl methyl sites for hydroxylation is 1. The van der Waals surface area contributed by atoms with Crippen molar-refractivity contribution in [1.29, 1.82) is 0 Å². The summed E-state index contributed by atoms with van der Waals surface area (Å²) in [6.45, 7) is 4.32. The van der Waals surface area contributed by atoms with Crippen LogP contribution in [0, 0.1) is 0 Å². The SMILES string of the molecule is CCCc1nsc(N(CCOC)CCC(N)=S)n1. The summed E-state index contributed by atoms with van der Waals surface area (Å²) in [6.07, 6.45) is 2.66. The normalized spacial score (nSPS) is 10.6. The molecule has 0 aliphatic heterocycles. The van der Waals surface area contributed by atoms with Gasteiger partial charge in [-0.25, -0.2) is 4.98 Å². The zero-order valence-electron chi connectivity index (χ0n) is 10.9. The summed E-state index contributed by atoms with van der Waals surface area (Å²) in [6, 6.07) is 0. The van der Waals surface area contributed by atoms with E-state index in [4.69, 9.17) is 22.7 Å². The highest BCUT2D eigenvalue weighted by Crippen LogP contribution is 2.18. The zero-order chi connectivity index (χ0) is 13.4. The molecule has 0 unspecified atom stereocenters. The highest BCUT2D eigenvalue weighted by atomic mass is 32.1. The van der Waals surface area contributed by atoms with Gasteiger partial charge in [-0.2, -0.15) is 4.37 Å². The van der Waals surface area contributed by atoms with Crippen LogP contribution in [0.1, 0.15) is 25.6 Å². The van der Waals surface area contributed by atoms with E-state index in [1.54, 1.807) is 7.11 Å². The summed E-state index contributed by atoms with van der Waals surface area (Å²) >= 11 is 6.34. The van der Waals surface area contributed by atoms with Gasteiger partial charge < -0.3 is 15.4 Å². The predicted octanol–water partition coefficient (Wildman–Crippen LogP) is 1.62. The quantitative estimate of drug-likeness (QED) is 0.697. The Hall–Kier alpha value is -0.790. The van der Waals surface area contributed by atoms with Crippen molar-refractivity contribution in [2.24, 2.45) is 5.73 Å². The molecule has 1 rings (SSSR count). The van der Waals surface area contributed by atoms with Crippen molar-refractivity contribution in [3.05, 3.63) is 5.82 Å². The first-order valence-electron chi connectivity index (χ1n) is 6.02. The molecular formula is C11H20N4OS2. The molecule has 0 aromatic carbocycles. The van der Waals surface area contributed by atoms with Crippen molar-refractivity contribution in [3.8, 4) is 0 Å². The standard InChI is InChI=1S/C11H20N4OS2/c1-3-4-10-13-11(18-14-10)15(7-8-16-2)6-5-9(12)17/h3-8H2,1-2H3,(H2,12,17). The van der Waals surface area contributed by atoms with Crippen molar-refractivity contribution >= 4 is 33.9 Å². The molecule has 0 saturated heterocycles. The minimum Gasteiger partial charge on any atom is -0.393 e. The molecule has 0 spiro atoms. The minimum atomic E-state index is 0.524. The first kappa shape index (κ1) is 15.3. The maximum Gasteiger partial charge on any atom is 0.205 e. The van der Waals surface area contributed by atoms with Crippen molar-refractivity contribution in [2.45, 2.75) is 26.2 Å². The summed E-state index contributed by atoms with van der Waals surface area (Å²) in [7, 11) is 1.69. The molecule has 0 saturated carbocycles. The molecule has 1 aromatic rings. The monoisotopic (exact) mass is 288 g/mol. The molecule has 1 heterocycles. The molecule has 18 heavy (non-hydrogen) atoms. The van der Waals surface area contributed by atoms with E-state index in [0.717, 1.165) is 36.9 Å². The molecule has 0 amide bonds. The van der Waals surface area contributed by atoms with Gasteiger partial charge in [0, 0.05) is 44.6 Å². The van der Waals surface area contributed by atoms with Gasteiger partial charge in [0.2, 0.25) is 5.13 Å². The third-order valence-electron chi connectivity index (χ3n) is 2.39. The van der Waals surface area contributed by atoms with Gasteiger partial charge in [-0.3, -0.25) is 0 Å². The van der Waals surface area contributed by atoms with Gasteiger partial charge in [0.15, 0.2) is 0 Å².